The van der Waals surface area contributed by atoms with Crippen LogP contribution < -0.4 is 5.73 Å². The van der Waals surface area contributed by atoms with Gasteiger partial charge in [0.1, 0.15) is 0 Å². The van der Waals surface area contributed by atoms with Gasteiger partial charge < -0.3 is 5.73 Å². The first-order valence-electron chi connectivity index (χ1n) is 7.50. The predicted octanol–water partition coefficient (Wildman–Crippen LogP) is 2.87. The Kier molecular flexibility index (Phi) is 4.14. The number of nitrogens with zero attached hydrogens (tertiary/aromatic N) is 1. The van der Waals surface area contributed by atoms with Crippen LogP contribution in [0.1, 0.15) is 53.4 Å². The topological polar surface area (TPSA) is 29.3 Å². The van der Waals surface area contributed by atoms with Crippen molar-refractivity contribution in [2.24, 2.45) is 23.5 Å². The molecule has 2 aliphatic carbocycles. The van der Waals surface area contributed by atoms with Gasteiger partial charge in [0.2, 0.25) is 0 Å². The fourth-order valence-electron chi connectivity index (χ4n) is 3.81. The second kappa shape index (κ2) is 5.27. The molecule has 2 nitrogen and oxygen atoms in total. The molecule has 0 spiro atoms. The lowest BCUT2D eigenvalue weighted by molar-refractivity contribution is 0.0595. The highest BCUT2D eigenvalue weighted by molar-refractivity contribution is 4.98. The van der Waals surface area contributed by atoms with Gasteiger partial charge in [-0.3, -0.25) is 4.90 Å². The minimum atomic E-state index is 0.396. The standard InChI is InChI=1S/C15H30N2/c1-10(2)9-17(13-5-6-13)15-12(4)7-11(3)8-14(15)16/h10-15H,5-9,16H2,1-4H3. The molecule has 0 radical (unpaired) electrons. The van der Waals surface area contributed by atoms with E-state index in [2.05, 4.69) is 32.6 Å². The van der Waals surface area contributed by atoms with Crippen molar-refractivity contribution in [2.75, 3.05) is 6.54 Å². The summed E-state index contributed by atoms with van der Waals surface area (Å²) in [6.45, 7) is 10.7. The Morgan fingerprint density at radius 2 is 1.82 bits per heavy atom. The molecule has 0 aliphatic heterocycles. The highest BCUT2D eigenvalue weighted by Crippen LogP contribution is 2.37. The second-order valence-electron chi connectivity index (χ2n) is 7.03. The van der Waals surface area contributed by atoms with Crippen molar-refractivity contribution in [3.8, 4) is 0 Å². The van der Waals surface area contributed by atoms with Crippen molar-refractivity contribution in [3.63, 3.8) is 0 Å². The van der Waals surface area contributed by atoms with Crippen LogP contribution in [0.15, 0.2) is 0 Å². The van der Waals surface area contributed by atoms with Gasteiger partial charge in [0, 0.05) is 24.7 Å². The van der Waals surface area contributed by atoms with E-state index in [-0.39, 0.29) is 0 Å². The van der Waals surface area contributed by atoms with Crippen LogP contribution in [0.25, 0.3) is 0 Å². The first-order valence-corrected chi connectivity index (χ1v) is 7.50. The van der Waals surface area contributed by atoms with E-state index in [1.807, 2.05) is 0 Å². The van der Waals surface area contributed by atoms with Crippen molar-refractivity contribution < 1.29 is 0 Å². The summed E-state index contributed by atoms with van der Waals surface area (Å²) in [6, 6.07) is 1.89. The Balaban J connectivity index is 2.05. The molecule has 17 heavy (non-hydrogen) atoms. The molecule has 0 aromatic carbocycles. The number of hydrogen-bond donors (Lipinski definition) is 1. The van der Waals surface area contributed by atoms with E-state index in [9.17, 15) is 0 Å². The second-order valence-corrected chi connectivity index (χ2v) is 7.03. The monoisotopic (exact) mass is 238 g/mol. The van der Waals surface area contributed by atoms with Crippen LogP contribution in [0, 0.1) is 17.8 Å². The molecule has 0 bridgehead atoms. The lowest BCUT2D eigenvalue weighted by atomic mass is 9.76. The van der Waals surface area contributed by atoms with E-state index >= 15 is 0 Å². The van der Waals surface area contributed by atoms with Gasteiger partial charge >= 0.3 is 0 Å². The van der Waals surface area contributed by atoms with Crippen molar-refractivity contribution in [1.29, 1.82) is 0 Å². The zero-order valence-corrected chi connectivity index (χ0v) is 12.0. The van der Waals surface area contributed by atoms with Crippen molar-refractivity contribution in [3.05, 3.63) is 0 Å². The van der Waals surface area contributed by atoms with Crippen LogP contribution in [-0.4, -0.2) is 29.6 Å². The third-order valence-corrected chi connectivity index (χ3v) is 4.45. The minimum absolute atomic E-state index is 0.396. The van der Waals surface area contributed by atoms with Crippen molar-refractivity contribution >= 4 is 0 Å². The average Bonchev–Trinajstić information content (AvgIpc) is 2.96. The molecule has 2 fully saturated rings. The zero-order chi connectivity index (χ0) is 12.6. The maximum atomic E-state index is 6.46. The van der Waals surface area contributed by atoms with Crippen molar-refractivity contribution in [1.82, 2.24) is 4.90 Å². The molecule has 2 saturated carbocycles. The molecule has 0 aromatic rings. The van der Waals surface area contributed by atoms with E-state index in [0.717, 1.165) is 23.8 Å². The Bertz CT molecular complexity index is 235. The maximum absolute atomic E-state index is 6.46. The van der Waals surface area contributed by atoms with Crippen LogP contribution >= 0.6 is 0 Å². The van der Waals surface area contributed by atoms with Crippen LogP contribution in [0.4, 0.5) is 0 Å². The molecule has 4 unspecified atom stereocenters. The average molecular weight is 238 g/mol. The van der Waals surface area contributed by atoms with Crippen LogP contribution in [0.3, 0.4) is 0 Å². The van der Waals surface area contributed by atoms with Gasteiger partial charge in [0.25, 0.3) is 0 Å². The predicted molar refractivity (Wildman–Crippen MR) is 73.9 cm³/mol. The number of nitrogens with two attached hydrogens (primary N) is 1. The Morgan fingerprint density at radius 1 is 1.18 bits per heavy atom. The van der Waals surface area contributed by atoms with E-state index in [0.29, 0.717) is 12.1 Å². The molecule has 2 N–H and O–H groups in total. The Hall–Kier alpha value is -0.0800. The summed E-state index contributed by atoms with van der Waals surface area (Å²) in [4.78, 5) is 2.76. The zero-order valence-electron chi connectivity index (χ0n) is 12.0. The fourth-order valence-corrected chi connectivity index (χ4v) is 3.81. The first-order chi connectivity index (χ1) is 7.99. The largest absolute Gasteiger partial charge is 0.326 e. The van der Waals surface area contributed by atoms with Gasteiger partial charge in [-0.25, -0.2) is 0 Å². The van der Waals surface area contributed by atoms with Gasteiger partial charge in [-0.1, -0.05) is 27.7 Å². The number of hydrogen-bond acceptors (Lipinski definition) is 2. The lowest BCUT2D eigenvalue weighted by Gasteiger charge is -2.45. The quantitative estimate of drug-likeness (QED) is 0.816. The molecule has 2 aliphatic rings. The summed E-state index contributed by atoms with van der Waals surface area (Å²) < 4.78 is 0. The molecule has 100 valence electrons. The van der Waals surface area contributed by atoms with E-state index < -0.39 is 0 Å². The summed E-state index contributed by atoms with van der Waals surface area (Å²) in [5.41, 5.74) is 6.46. The lowest BCUT2D eigenvalue weighted by Crippen LogP contribution is -2.56. The van der Waals surface area contributed by atoms with Gasteiger partial charge in [-0.05, 0) is 43.4 Å². The molecular weight excluding hydrogens is 208 g/mol. The third-order valence-electron chi connectivity index (χ3n) is 4.45. The third kappa shape index (κ3) is 3.23. The van der Waals surface area contributed by atoms with E-state index in [4.69, 9.17) is 5.73 Å². The van der Waals surface area contributed by atoms with E-state index in [1.54, 1.807) is 0 Å². The summed E-state index contributed by atoms with van der Waals surface area (Å²) in [6.07, 6.45) is 5.38. The highest BCUT2D eigenvalue weighted by Gasteiger charge is 2.41. The van der Waals surface area contributed by atoms with Gasteiger partial charge in [-0.15, -0.1) is 0 Å². The van der Waals surface area contributed by atoms with Crippen LogP contribution in [0.2, 0.25) is 0 Å². The summed E-state index contributed by atoms with van der Waals surface area (Å²) >= 11 is 0. The first kappa shape index (κ1) is 13.4. The van der Waals surface area contributed by atoms with Gasteiger partial charge in [0.05, 0.1) is 0 Å². The normalized spacial score (nSPS) is 39.0. The molecule has 0 saturated heterocycles. The Labute approximate surface area is 107 Å². The summed E-state index contributed by atoms with van der Waals surface area (Å²) in [5.74, 6) is 2.35. The van der Waals surface area contributed by atoms with Gasteiger partial charge in [-0.2, -0.15) is 0 Å². The Morgan fingerprint density at radius 3 is 2.29 bits per heavy atom. The smallest absolute Gasteiger partial charge is 0.0276 e. The molecule has 2 heteroatoms. The molecule has 2 rings (SSSR count). The molecular formula is C15H30N2. The van der Waals surface area contributed by atoms with E-state index in [1.165, 1.54) is 32.2 Å². The number of rotatable bonds is 4. The summed E-state index contributed by atoms with van der Waals surface area (Å²) in [5, 5.41) is 0. The SMILES string of the molecule is CC(C)CN(C1CC1)C1C(C)CC(C)CC1N. The molecule has 0 aromatic heterocycles. The molecule has 4 atom stereocenters. The minimum Gasteiger partial charge on any atom is -0.326 e. The van der Waals surface area contributed by atoms with Crippen LogP contribution in [0.5, 0.6) is 0 Å². The summed E-state index contributed by atoms with van der Waals surface area (Å²) in [7, 11) is 0. The molecule has 0 amide bonds. The van der Waals surface area contributed by atoms with Crippen LogP contribution in [-0.2, 0) is 0 Å². The fraction of sp³-hybridized carbons (Fsp3) is 1.00. The van der Waals surface area contributed by atoms with Gasteiger partial charge in [0.15, 0.2) is 0 Å². The van der Waals surface area contributed by atoms with Crippen molar-refractivity contribution in [2.45, 2.75) is 71.5 Å². The maximum Gasteiger partial charge on any atom is 0.0276 e. The highest BCUT2D eigenvalue weighted by atomic mass is 15.2. The molecule has 0 heterocycles.